The van der Waals surface area contributed by atoms with E-state index in [2.05, 4.69) is 41.5 Å². The Balaban J connectivity index is 1.47. The maximum atomic E-state index is 4.39. The van der Waals surface area contributed by atoms with Gasteiger partial charge in [-0.2, -0.15) is 5.21 Å². The summed E-state index contributed by atoms with van der Waals surface area (Å²) in [4.78, 5) is 9.14. The Morgan fingerprint density at radius 2 is 2.05 bits per heavy atom. The van der Waals surface area contributed by atoms with Crippen molar-refractivity contribution in [3.63, 3.8) is 0 Å². The summed E-state index contributed by atoms with van der Waals surface area (Å²) in [6.45, 7) is 5.12. The maximum Gasteiger partial charge on any atom is 0.175 e. The summed E-state index contributed by atoms with van der Waals surface area (Å²) in [6, 6.07) is 6.05. The number of tetrazole rings is 1. The van der Waals surface area contributed by atoms with Crippen molar-refractivity contribution in [2.45, 2.75) is 6.42 Å². The number of rotatable bonds is 4. The quantitative estimate of drug-likeness (QED) is 0.830. The summed E-state index contributed by atoms with van der Waals surface area (Å²) in [5, 5.41) is 14.0. The number of aromatic nitrogens is 5. The molecule has 3 rings (SSSR count). The van der Waals surface area contributed by atoms with Gasteiger partial charge in [-0.3, -0.25) is 4.90 Å². The fraction of sp³-hybridized carbons (Fsp3) is 0.500. The van der Waals surface area contributed by atoms with E-state index in [1.54, 1.807) is 0 Å². The van der Waals surface area contributed by atoms with E-state index >= 15 is 0 Å². The Labute approximate surface area is 111 Å². The highest BCUT2D eigenvalue weighted by molar-refractivity contribution is 5.38. The summed E-state index contributed by atoms with van der Waals surface area (Å²) in [7, 11) is 0. The molecular formula is C12H17N7. The highest BCUT2D eigenvalue weighted by Crippen LogP contribution is 2.12. The van der Waals surface area contributed by atoms with Crippen LogP contribution in [0, 0.1) is 0 Å². The van der Waals surface area contributed by atoms with E-state index in [4.69, 9.17) is 0 Å². The minimum absolute atomic E-state index is 0.784. The SMILES string of the molecule is c1ccc(N2CCN(CCc3nn[nH]n3)CC2)nc1. The zero-order valence-electron chi connectivity index (χ0n) is 10.7. The maximum absolute atomic E-state index is 4.39. The summed E-state index contributed by atoms with van der Waals surface area (Å²) in [6.07, 6.45) is 2.69. The van der Waals surface area contributed by atoms with Crippen molar-refractivity contribution >= 4 is 5.82 Å². The van der Waals surface area contributed by atoms with E-state index in [9.17, 15) is 0 Å². The predicted molar refractivity (Wildman–Crippen MR) is 70.8 cm³/mol. The second-order valence-electron chi connectivity index (χ2n) is 4.59. The van der Waals surface area contributed by atoms with Gasteiger partial charge < -0.3 is 4.90 Å². The van der Waals surface area contributed by atoms with Gasteiger partial charge in [-0.25, -0.2) is 4.98 Å². The molecule has 7 heteroatoms. The topological polar surface area (TPSA) is 73.8 Å². The molecule has 0 aromatic carbocycles. The van der Waals surface area contributed by atoms with Crippen molar-refractivity contribution in [3.8, 4) is 0 Å². The van der Waals surface area contributed by atoms with Crippen LogP contribution in [0.2, 0.25) is 0 Å². The van der Waals surface area contributed by atoms with Crippen LogP contribution < -0.4 is 4.90 Å². The largest absolute Gasteiger partial charge is 0.354 e. The number of pyridine rings is 1. The van der Waals surface area contributed by atoms with Crippen molar-refractivity contribution in [1.29, 1.82) is 0 Å². The molecule has 1 saturated heterocycles. The van der Waals surface area contributed by atoms with Crippen molar-refractivity contribution in [2.24, 2.45) is 0 Å². The average molecular weight is 259 g/mol. The third-order valence-corrected chi connectivity index (χ3v) is 3.39. The van der Waals surface area contributed by atoms with Crippen LogP contribution in [0.15, 0.2) is 24.4 Å². The fourth-order valence-electron chi connectivity index (χ4n) is 2.29. The molecule has 0 bridgehead atoms. The third kappa shape index (κ3) is 3.05. The van der Waals surface area contributed by atoms with Gasteiger partial charge in [-0.15, -0.1) is 10.2 Å². The number of aromatic amines is 1. The summed E-state index contributed by atoms with van der Waals surface area (Å²) in [5.41, 5.74) is 0. The molecule has 2 aromatic rings. The van der Waals surface area contributed by atoms with Gasteiger partial charge in [-0.05, 0) is 12.1 Å². The van der Waals surface area contributed by atoms with Crippen LogP contribution in [-0.4, -0.2) is 63.2 Å². The molecule has 7 nitrogen and oxygen atoms in total. The molecule has 3 heterocycles. The molecular weight excluding hydrogens is 242 g/mol. The summed E-state index contributed by atoms with van der Waals surface area (Å²) in [5.74, 6) is 1.85. The number of nitrogens with one attached hydrogen (secondary N) is 1. The smallest absolute Gasteiger partial charge is 0.175 e. The second kappa shape index (κ2) is 5.75. The molecule has 0 unspecified atom stereocenters. The number of hydrogen-bond acceptors (Lipinski definition) is 6. The van der Waals surface area contributed by atoms with Gasteiger partial charge in [0.2, 0.25) is 0 Å². The third-order valence-electron chi connectivity index (χ3n) is 3.39. The minimum Gasteiger partial charge on any atom is -0.354 e. The van der Waals surface area contributed by atoms with E-state index in [1.807, 2.05) is 18.3 Å². The normalized spacial score (nSPS) is 16.7. The van der Waals surface area contributed by atoms with Crippen molar-refractivity contribution < 1.29 is 0 Å². The zero-order valence-corrected chi connectivity index (χ0v) is 10.7. The molecule has 1 N–H and O–H groups in total. The van der Waals surface area contributed by atoms with Crippen LogP contribution in [0.5, 0.6) is 0 Å². The lowest BCUT2D eigenvalue weighted by molar-refractivity contribution is 0.259. The monoisotopic (exact) mass is 259 g/mol. The van der Waals surface area contributed by atoms with E-state index < -0.39 is 0 Å². The lowest BCUT2D eigenvalue weighted by Gasteiger charge is -2.35. The molecule has 1 fully saturated rings. The minimum atomic E-state index is 0.784. The van der Waals surface area contributed by atoms with E-state index in [-0.39, 0.29) is 0 Å². The first-order chi connectivity index (χ1) is 9.42. The number of H-pyrrole nitrogens is 1. The number of nitrogens with zero attached hydrogens (tertiary/aromatic N) is 6. The second-order valence-corrected chi connectivity index (χ2v) is 4.59. The molecule has 0 aliphatic carbocycles. The van der Waals surface area contributed by atoms with E-state index in [0.29, 0.717) is 0 Å². The molecule has 19 heavy (non-hydrogen) atoms. The first kappa shape index (κ1) is 12.0. The van der Waals surface area contributed by atoms with Crippen LogP contribution in [-0.2, 0) is 6.42 Å². The van der Waals surface area contributed by atoms with Gasteiger partial charge in [0.25, 0.3) is 0 Å². The fourth-order valence-corrected chi connectivity index (χ4v) is 2.29. The first-order valence-electron chi connectivity index (χ1n) is 6.52. The molecule has 2 aromatic heterocycles. The molecule has 0 spiro atoms. The van der Waals surface area contributed by atoms with Crippen molar-refractivity contribution in [2.75, 3.05) is 37.6 Å². The van der Waals surface area contributed by atoms with Crippen LogP contribution in [0.1, 0.15) is 5.82 Å². The van der Waals surface area contributed by atoms with Crippen LogP contribution in [0.25, 0.3) is 0 Å². The summed E-state index contributed by atoms with van der Waals surface area (Å²) >= 11 is 0. The van der Waals surface area contributed by atoms with Crippen LogP contribution in [0.3, 0.4) is 0 Å². The molecule has 0 atom stereocenters. The lowest BCUT2D eigenvalue weighted by atomic mass is 10.2. The Kier molecular flexibility index (Phi) is 3.64. The zero-order chi connectivity index (χ0) is 12.9. The van der Waals surface area contributed by atoms with Gasteiger partial charge in [0.1, 0.15) is 5.82 Å². The molecule has 0 amide bonds. The van der Waals surface area contributed by atoms with Gasteiger partial charge >= 0.3 is 0 Å². The average Bonchev–Trinajstić information content (AvgIpc) is 3.00. The molecule has 100 valence electrons. The number of piperazine rings is 1. The van der Waals surface area contributed by atoms with Crippen LogP contribution in [0.4, 0.5) is 5.82 Å². The van der Waals surface area contributed by atoms with Gasteiger partial charge in [0, 0.05) is 45.3 Å². The highest BCUT2D eigenvalue weighted by Gasteiger charge is 2.17. The Hall–Kier alpha value is -2.02. The van der Waals surface area contributed by atoms with Gasteiger partial charge in [0.15, 0.2) is 5.82 Å². The standard InChI is InChI=1S/C12H17N7/c1-2-5-13-12(3-1)19-9-7-18(8-10-19)6-4-11-14-16-17-15-11/h1-3,5H,4,6-10H2,(H,14,15,16,17). The highest BCUT2D eigenvalue weighted by atomic mass is 15.5. The Morgan fingerprint density at radius 1 is 1.16 bits per heavy atom. The van der Waals surface area contributed by atoms with Crippen LogP contribution >= 0.6 is 0 Å². The lowest BCUT2D eigenvalue weighted by Crippen LogP contribution is -2.47. The van der Waals surface area contributed by atoms with Crippen molar-refractivity contribution in [1.82, 2.24) is 30.5 Å². The van der Waals surface area contributed by atoms with E-state index in [0.717, 1.165) is 50.8 Å². The number of hydrogen-bond donors (Lipinski definition) is 1. The molecule has 0 radical (unpaired) electrons. The number of anilines is 1. The Bertz CT molecular complexity index is 476. The first-order valence-corrected chi connectivity index (χ1v) is 6.52. The predicted octanol–water partition coefficient (Wildman–Crippen LogP) is -0.0406. The van der Waals surface area contributed by atoms with E-state index in [1.165, 1.54) is 0 Å². The molecule has 1 aliphatic rings. The summed E-state index contributed by atoms with van der Waals surface area (Å²) < 4.78 is 0. The van der Waals surface area contributed by atoms with Gasteiger partial charge in [-0.1, -0.05) is 11.3 Å². The molecule has 1 aliphatic heterocycles. The van der Waals surface area contributed by atoms with Crippen molar-refractivity contribution in [3.05, 3.63) is 30.2 Å². The van der Waals surface area contributed by atoms with Gasteiger partial charge in [0.05, 0.1) is 0 Å². The Morgan fingerprint density at radius 3 is 2.74 bits per heavy atom. The molecule has 0 saturated carbocycles.